The number of benzene rings is 1. The Kier molecular flexibility index (Phi) is 5.24. The highest BCUT2D eigenvalue weighted by atomic mass is 32.2. The second-order valence-corrected chi connectivity index (χ2v) is 8.71. The Morgan fingerprint density at radius 3 is 2.41 bits per heavy atom. The maximum absolute atomic E-state index is 14.2. The Morgan fingerprint density at radius 2 is 1.81 bits per heavy atom. The van der Waals surface area contributed by atoms with Crippen LogP contribution < -0.4 is 4.74 Å². The molecule has 146 valence electrons. The lowest BCUT2D eigenvalue weighted by atomic mass is 10.0. The number of hydrogen-bond donors (Lipinski definition) is 0. The topological polar surface area (TPSA) is 90.7 Å². The largest absolute Gasteiger partial charge is 0.477 e. The minimum Gasteiger partial charge on any atom is -0.477 e. The summed E-state index contributed by atoms with van der Waals surface area (Å²) in [5.41, 5.74) is 0. The van der Waals surface area contributed by atoms with Crippen molar-refractivity contribution >= 4 is 15.7 Å². The second-order valence-electron chi connectivity index (χ2n) is 6.73. The summed E-state index contributed by atoms with van der Waals surface area (Å²) in [4.78, 5) is 15.1. The molecule has 0 saturated carbocycles. The first-order chi connectivity index (χ1) is 12.7. The molecule has 0 N–H and O–H groups in total. The average molecular weight is 399 g/mol. The van der Waals surface area contributed by atoms with Gasteiger partial charge in [0.1, 0.15) is 10.7 Å². The smallest absolute Gasteiger partial charge is 0.263 e. The number of likely N-dealkylation sites (tertiary alicyclic amines) is 2. The van der Waals surface area contributed by atoms with Gasteiger partial charge in [-0.1, -0.05) is 0 Å². The molecule has 10 heteroatoms. The zero-order valence-electron chi connectivity index (χ0n) is 14.7. The van der Waals surface area contributed by atoms with Crippen molar-refractivity contribution in [2.24, 2.45) is 0 Å². The molecule has 2 aliphatic heterocycles. The SMILES string of the molecule is CS(=O)(=O)c1cc(F)c(OC2CCN(C3CCN(C#N)CC3)C2=O)cc1F. The molecule has 1 amide bonds. The van der Waals surface area contributed by atoms with Gasteiger partial charge >= 0.3 is 0 Å². The van der Waals surface area contributed by atoms with Gasteiger partial charge in [0.25, 0.3) is 5.91 Å². The van der Waals surface area contributed by atoms with Gasteiger partial charge < -0.3 is 14.5 Å². The van der Waals surface area contributed by atoms with Crippen molar-refractivity contribution in [3.05, 3.63) is 23.8 Å². The van der Waals surface area contributed by atoms with Crippen molar-refractivity contribution in [1.29, 1.82) is 5.26 Å². The first-order valence-electron chi connectivity index (χ1n) is 8.51. The highest BCUT2D eigenvalue weighted by molar-refractivity contribution is 7.90. The van der Waals surface area contributed by atoms with Gasteiger partial charge in [-0.05, 0) is 18.9 Å². The fourth-order valence-electron chi connectivity index (χ4n) is 3.46. The van der Waals surface area contributed by atoms with Gasteiger partial charge in [-0.15, -0.1) is 0 Å². The maximum Gasteiger partial charge on any atom is 0.263 e. The third-order valence-electron chi connectivity index (χ3n) is 4.89. The summed E-state index contributed by atoms with van der Waals surface area (Å²) in [5, 5.41) is 8.89. The van der Waals surface area contributed by atoms with Crippen LogP contribution in [0.25, 0.3) is 0 Å². The lowest BCUT2D eigenvalue weighted by Gasteiger charge is -2.34. The molecular formula is C17H19F2N3O4S. The van der Waals surface area contributed by atoms with E-state index in [2.05, 4.69) is 6.19 Å². The van der Waals surface area contributed by atoms with Crippen LogP contribution in [0.4, 0.5) is 8.78 Å². The second kappa shape index (κ2) is 7.31. The molecule has 27 heavy (non-hydrogen) atoms. The minimum atomic E-state index is -3.91. The van der Waals surface area contributed by atoms with Crippen LogP contribution in [0.15, 0.2) is 17.0 Å². The predicted octanol–water partition coefficient (Wildman–Crippen LogP) is 1.29. The van der Waals surface area contributed by atoms with Crippen molar-refractivity contribution in [2.75, 3.05) is 25.9 Å². The molecule has 2 aliphatic rings. The van der Waals surface area contributed by atoms with E-state index in [1.165, 1.54) is 0 Å². The lowest BCUT2D eigenvalue weighted by Crippen LogP contribution is -2.45. The molecule has 7 nitrogen and oxygen atoms in total. The molecule has 1 atom stereocenters. The summed E-state index contributed by atoms with van der Waals surface area (Å²) in [6.07, 6.45) is 3.57. The highest BCUT2D eigenvalue weighted by Gasteiger charge is 2.39. The van der Waals surface area contributed by atoms with E-state index in [-0.39, 0.29) is 11.9 Å². The Labute approximate surface area is 156 Å². The molecule has 0 spiro atoms. The van der Waals surface area contributed by atoms with E-state index in [0.717, 1.165) is 6.26 Å². The predicted molar refractivity (Wildman–Crippen MR) is 90.4 cm³/mol. The number of rotatable bonds is 4. The molecule has 1 unspecified atom stereocenters. The first-order valence-corrected chi connectivity index (χ1v) is 10.4. The van der Waals surface area contributed by atoms with Gasteiger partial charge in [-0.3, -0.25) is 4.79 Å². The van der Waals surface area contributed by atoms with E-state index in [4.69, 9.17) is 10.00 Å². The van der Waals surface area contributed by atoms with Crippen molar-refractivity contribution in [3.63, 3.8) is 0 Å². The van der Waals surface area contributed by atoms with Crippen molar-refractivity contribution in [1.82, 2.24) is 9.80 Å². The van der Waals surface area contributed by atoms with Crippen LogP contribution in [0, 0.1) is 23.1 Å². The molecule has 1 aromatic rings. The van der Waals surface area contributed by atoms with Crippen LogP contribution in [0.1, 0.15) is 19.3 Å². The maximum atomic E-state index is 14.2. The fraction of sp³-hybridized carbons (Fsp3) is 0.529. The van der Waals surface area contributed by atoms with Gasteiger partial charge in [0.05, 0.1) is 0 Å². The number of piperidine rings is 1. The first kappa shape index (κ1) is 19.4. The number of halogens is 2. The number of nitrogens with zero attached hydrogens (tertiary/aromatic N) is 3. The average Bonchev–Trinajstić information content (AvgIpc) is 2.97. The molecule has 3 rings (SSSR count). The summed E-state index contributed by atoms with van der Waals surface area (Å²) in [7, 11) is -3.91. The number of nitriles is 1. The standard InChI is InChI=1S/C17H19F2N3O4S/c1-27(24,25)16-9-12(18)15(8-13(16)19)26-14-4-7-22(17(14)23)11-2-5-21(10-20)6-3-11/h8-9,11,14H,2-7H2,1H3. The van der Waals surface area contributed by atoms with E-state index in [1.807, 2.05) is 0 Å². The van der Waals surface area contributed by atoms with E-state index in [1.54, 1.807) is 9.80 Å². The van der Waals surface area contributed by atoms with E-state index in [9.17, 15) is 22.0 Å². The third-order valence-corrected chi connectivity index (χ3v) is 6.00. The molecule has 2 fully saturated rings. The Morgan fingerprint density at radius 1 is 1.15 bits per heavy atom. The van der Waals surface area contributed by atoms with E-state index in [0.29, 0.717) is 51.0 Å². The number of sulfone groups is 1. The fourth-order valence-corrected chi connectivity index (χ4v) is 4.19. The van der Waals surface area contributed by atoms with Crippen LogP contribution in [-0.2, 0) is 14.6 Å². The Hall–Kier alpha value is -2.41. The van der Waals surface area contributed by atoms with Gasteiger partial charge in [0, 0.05) is 44.4 Å². The molecule has 2 saturated heterocycles. The Bertz CT molecular complexity index is 892. The molecule has 0 bridgehead atoms. The molecule has 0 aromatic heterocycles. The summed E-state index contributed by atoms with van der Waals surface area (Å²) in [5.74, 6) is -2.96. The van der Waals surface area contributed by atoms with Crippen LogP contribution in [0.5, 0.6) is 5.75 Å². The zero-order chi connectivity index (χ0) is 19.8. The van der Waals surface area contributed by atoms with Crippen molar-refractivity contribution in [2.45, 2.75) is 36.3 Å². The normalized spacial score (nSPS) is 21.4. The molecule has 0 radical (unpaired) electrons. The molecular weight excluding hydrogens is 380 g/mol. The van der Waals surface area contributed by atoms with Crippen LogP contribution in [-0.4, -0.2) is 62.2 Å². The number of hydrogen-bond acceptors (Lipinski definition) is 6. The monoisotopic (exact) mass is 399 g/mol. The lowest BCUT2D eigenvalue weighted by molar-refractivity contribution is -0.136. The number of carbonyl (C=O) groups excluding carboxylic acids is 1. The Balaban J connectivity index is 1.70. The van der Waals surface area contributed by atoms with E-state index >= 15 is 0 Å². The highest BCUT2D eigenvalue weighted by Crippen LogP contribution is 2.29. The van der Waals surface area contributed by atoms with Crippen molar-refractivity contribution < 1.29 is 26.7 Å². The summed E-state index contributed by atoms with van der Waals surface area (Å²) in [6, 6.07) is 1.21. The number of amides is 1. The van der Waals surface area contributed by atoms with Crippen molar-refractivity contribution in [3.8, 4) is 11.9 Å². The van der Waals surface area contributed by atoms with Gasteiger partial charge in [-0.2, -0.15) is 5.26 Å². The molecule has 1 aromatic carbocycles. The summed E-state index contributed by atoms with van der Waals surface area (Å²) < 4.78 is 56.4. The van der Waals surface area contributed by atoms with Gasteiger partial charge in [0.2, 0.25) is 0 Å². The zero-order valence-corrected chi connectivity index (χ0v) is 15.5. The number of ether oxygens (including phenoxy) is 1. The van der Waals surface area contributed by atoms with Gasteiger partial charge in [0.15, 0.2) is 33.7 Å². The van der Waals surface area contributed by atoms with Crippen LogP contribution in [0.3, 0.4) is 0 Å². The third kappa shape index (κ3) is 3.98. The van der Waals surface area contributed by atoms with E-state index < -0.39 is 38.2 Å². The van der Waals surface area contributed by atoms with Gasteiger partial charge in [-0.25, -0.2) is 17.2 Å². The summed E-state index contributed by atoms with van der Waals surface area (Å²) >= 11 is 0. The minimum absolute atomic E-state index is 0.00936. The van der Waals surface area contributed by atoms with Crippen LogP contribution in [0.2, 0.25) is 0 Å². The number of carbonyl (C=O) groups is 1. The summed E-state index contributed by atoms with van der Waals surface area (Å²) in [6.45, 7) is 1.58. The molecule has 2 heterocycles. The molecule has 0 aliphatic carbocycles. The van der Waals surface area contributed by atoms with Crippen LogP contribution >= 0.6 is 0 Å². The quantitative estimate of drug-likeness (QED) is 0.709.